The van der Waals surface area contributed by atoms with Crippen molar-refractivity contribution in [3.05, 3.63) is 35.9 Å². The number of nitrogens with zero attached hydrogens (tertiary/aromatic N) is 1. The standard InChI is InChI=1S/C17H26N2/c1-12(2)17(16(18)14-6-4-3-5-7-14)19-11-13-8-9-15(19)10-13/h3-7,12-13,15-17H,8-11,18H2,1-2H3. The first-order valence-electron chi connectivity index (χ1n) is 7.73. The lowest BCUT2D eigenvalue weighted by Crippen LogP contribution is -2.49. The second kappa shape index (κ2) is 5.26. The summed E-state index contributed by atoms with van der Waals surface area (Å²) < 4.78 is 0. The third kappa shape index (κ3) is 2.44. The normalized spacial score (nSPS) is 29.9. The summed E-state index contributed by atoms with van der Waals surface area (Å²) in [6, 6.07) is 12.0. The highest BCUT2D eigenvalue weighted by Gasteiger charge is 2.43. The lowest BCUT2D eigenvalue weighted by atomic mass is 9.89. The fraction of sp³-hybridized carbons (Fsp3) is 0.647. The summed E-state index contributed by atoms with van der Waals surface area (Å²) in [6.07, 6.45) is 4.23. The fourth-order valence-electron chi connectivity index (χ4n) is 4.20. The van der Waals surface area contributed by atoms with Gasteiger partial charge in [-0.1, -0.05) is 44.2 Å². The highest BCUT2D eigenvalue weighted by Crippen LogP contribution is 2.41. The average molecular weight is 258 g/mol. The molecule has 4 atom stereocenters. The monoisotopic (exact) mass is 258 g/mol. The van der Waals surface area contributed by atoms with E-state index in [0.29, 0.717) is 12.0 Å². The molecule has 104 valence electrons. The van der Waals surface area contributed by atoms with Gasteiger partial charge in [0, 0.05) is 24.7 Å². The van der Waals surface area contributed by atoms with Gasteiger partial charge in [0.1, 0.15) is 0 Å². The van der Waals surface area contributed by atoms with Gasteiger partial charge in [0.2, 0.25) is 0 Å². The smallest absolute Gasteiger partial charge is 0.0455 e. The molecule has 3 rings (SSSR count). The predicted octanol–water partition coefficient (Wildman–Crippen LogP) is 3.20. The van der Waals surface area contributed by atoms with Gasteiger partial charge in [-0.3, -0.25) is 4.90 Å². The molecule has 1 aliphatic carbocycles. The lowest BCUT2D eigenvalue weighted by Gasteiger charge is -2.41. The minimum atomic E-state index is 0.139. The molecular weight excluding hydrogens is 232 g/mol. The molecule has 1 aliphatic heterocycles. The van der Waals surface area contributed by atoms with E-state index in [4.69, 9.17) is 5.73 Å². The van der Waals surface area contributed by atoms with E-state index >= 15 is 0 Å². The van der Waals surface area contributed by atoms with Gasteiger partial charge in [-0.15, -0.1) is 0 Å². The Kier molecular flexibility index (Phi) is 3.64. The highest BCUT2D eigenvalue weighted by molar-refractivity contribution is 5.21. The van der Waals surface area contributed by atoms with Crippen LogP contribution in [0.1, 0.15) is 44.7 Å². The predicted molar refractivity (Wildman–Crippen MR) is 79.8 cm³/mol. The zero-order valence-corrected chi connectivity index (χ0v) is 12.1. The van der Waals surface area contributed by atoms with Gasteiger partial charge in [-0.05, 0) is 36.7 Å². The highest BCUT2D eigenvalue weighted by atomic mass is 15.2. The molecule has 2 nitrogen and oxygen atoms in total. The maximum atomic E-state index is 6.61. The minimum Gasteiger partial charge on any atom is -0.323 e. The zero-order chi connectivity index (χ0) is 13.4. The maximum Gasteiger partial charge on any atom is 0.0455 e. The van der Waals surface area contributed by atoms with Crippen LogP contribution in [0.2, 0.25) is 0 Å². The number of benzene rings is 1. The van der Waals surface area contributed by atoms with Gasteiger partial charge in [-0.25, -0.2) is 0 Å². The molecule has 0 aromatic heterocycles. The average Bonchev–Trinajstić information content (AvgIpc) is 3.02. The van der Waals surface area contributed by atoms with Crippen molar-refractivity contribution < 1.29 is 0 Å². The summed E-state index contributed by atoms with van der Waals surface area (Å²) in [5, 5.41) is 0. The van der Waals surface area contributed by atoms with Crippen LogP contribution in [0.15, 0.2) is 30.3 Å². The SMILES string of the molecule is CC(C)C(C(N)c1ccccc1)N1CC2CCC1C2. The van der Waals surface area contributed by atoms with Gasteiger partial charge in [-0.2, -0.15) is 0 Å². The molecule has 1 heterocycles. The van der Waals surface area contributed by atoms with E-state index in [2.05, 4.69) is 49.1 Å². The molecule has 1 saturated heterocycles. The van der Waals surface area contributed by atoms with E-state index < -0.39 is 0 Å². The summed E-state index contributed by atoms with van der Waals surface area (Å²) in [4.78, 5) is 2.72. The number of nitrogens with two attached hydrogens (primary N) is 1. The van der Waals surface area contributed by atoms with Crippen LogP contribution >= 0.6 is 0 Å². The van der Waals surface area contributed by atoms with Crippen LogP contribution < -0.4 is 5.73 Å². The van der Waals surface area contributed by atoms with E-state index in [0.717, 1.165) is 12.0 Å². The third-order valence-electron chi connectivity index (χ3n) is 5.07. The van der Waals surface area contributed by atoms with E-state index in [9.17, 15) is 0 Å². The molecule has 2 heteroatoms. The van der Waals surface area contributed by atoms with Crippen molar-refractivity contribution >= 4 is 0 Å². The second-order valence-corrected chi connectivity index (χ2v) is 6.70. The van der Waals surface area contributed by atoms with Crippen LogP contribution in [0.25, 0.3) is 0 Å². The first-order valence-corrected chi connectivity index (χ1v) is 7.73. The molecular formula is C17H26N2. The molecule has 1 aromatic rings. The van der Waals surface area contributed by atoms with Gasteiger partial charge in [0.25, 0.3) is 0 Å². The quantitative estimate of drug-likeness (QED) is 0.898. The molecule has 0 spiro atoms. The molecule has 2 bridgehead atoms. The van der Waals surface area contributed by atoms with E-state index in [1.807, 2.05) is 0 Å². The Labute approximate surface area is 117 Å². The number of hydrogen-bond donors (Lipinski definition) is 1. The van der Waals surface area contributed by atoms with Crippen LogP contribution in [-0.2, 0) is 0 Å². The van der Waals surface area contributed by atoms with Gasteiger partial charge < -0.3 is 5.73 Å². The Morgan fingerprint density at radius 2 is 1.89 bits per heavy atom. The van der Waals surface area contributed by atoms with Crippen molar-refractivity contribution in [2.45, 2.75) is 51.2 Å². The first kappa shape index (κ1) is 13.1. The molecule has 1 aromatic carbocycles. The molecule has 2 aliphatic rings. The van der Waals surface area contributed by atoms with Crippen molar-refractivity contribution in [2.75, 3.05) is 6.54 Å². The van der Waals surface area contributed by atoms with Gasteiger partial charge >= 0.3 is 0 Å². The Balaban J connectivity index is 1.81. The van der Waals surface area contributed by atoms with Crippen LogP contribution in [0.5, 0.6) is 0 Å². The van der Waals surface area contributed by atoms with Crippen molar-refractivity contribution in [1.29, 1.82) is 0 Å². The third-order valence-corrected chi connectivity index (χ3v) is 5.07. The summed E-state index contributed by atoms with van der Waals surface area (Å²) in [6.45, 7) is 5.91. The molecule has 0 radical (unpaired) electrons. The molecule has 2 fully saturated rings. The second-order valence-electron chi connectivity index (χ2n) is 6.70. The molecule has 1 saturated carbocycles. The summed E-state index contributed by atoms with van der Waals surface area (Å²) in [5.74, 6) is 1.55. The summed E-state index contributed by atoms with van der Waals surface area (Å²) in [5.41, 5.74) is 7.89. The van der Waals surface area contributed by atoms with E-state index in [1.54, 1.807) is 0 Å². The summed E-state index contributed by atoms with van der Waals surface area (Å²) >= 11 is 0. The Bertz CT molecular complexity index is 415. The molecule has 4 unspecified atom stereocenters. The minimum absolute atomic E-state index is 0.139. The van der Waals surface area contributed by atoms with Gasteiger partial charge in [0.15, 0.2) is 0 Å². The van der Waals surface area contributed by atoms with Crippen LogP contribution in [0, 0.1) is 11.8 Å². The van der Waals surface area contributed by atoms with Crippen molar-refractivity contribution in [1.82, 2.24) is 4.90 Å². The Morgan fingerprint density at radius 1 is 1.16 bits per heavy atom. The van der Waals surface area contributed by atoms with Crippen molar-refractivity contribution in [2.24, 2.45) is 17.6 Å². The molecule has 0 amide bonds. The van der Waals surface area contributed by atoms with E-state index in [-0.39, 0.29) is 6.04 Å². The number of likely N-dealkylation sites (tertiary alicyclic amines) is 1. The van der Waals surface area contributed by atoms with Crippen LogP contribution in [-0.4, -0.2) is 23.5 Å². The van der Waals surface area contributed by atoms with E-state index in [1.165, 1.54) is 31.4 Å². The largest absolute Gasteiger partial charge is 0.323 e. The zero-order valence-electron chi connectivity index (χ0n) is 12.1. The molecule has 19 heavy (non-hydrogen) atoms. The van der Waals surface area contributed by atoms with Crippen molar-refractivity contribution in [3.63, 3.8) is 0 Å². The first-order chi connectivity index (χ1) is 9.16. The van der Waals surface area contributed by atoms with Crippen LogP contribution in [0.3, 0.4) is 0 Å². The number of rotatable bonds is 4. The summed E-state index contributed by atoms with van der Waals surface area (Å²) in [7, 11) is 0. The maximum absolute atomic E-state index is 6.61. The van der Waals surface area contributed by atoms with Crippen LogP contribution in [0.4, 0.5) is 0 Å². The fourth-order valence-corrected chi connectivity index (χ4v) is 4.20. The Hall–Kier alpha value is -0.860. The number of piperidine rings is 1. The molecule has 2 N–H and O–H groups in total. The van der Waals surface area contributed by atoms with Gasteiger partial charge in [0.05, 0.1) is 0 Å². The van der Waals surface area contributed by atoms with Crippen molar-refractivity contribution in [3.8, 4) is 0 Å². The number of fused-ring (bicyclic) bond motifs is 2. The number of hydrogen-bond acceptors (Lipinski definition) is 2. The Morgan fingerprint density at radius 3 is 2.42 bits per heavy atom. The topological polar surface area (TPSA) is 29.3 Å². The lowest BCUT2D eigenvalue weighted by molar-refractivity contribution is 0.0954.